The van der Waals surface area contributed by atoms with Gasteiger partial charge in [0.1, 0.15) is 19.0 Å². The van der Waals surface area contributed by atoms with E-state index < -0.39 is 12.1 Å². The number of esters is 3. The van der Waals surface area contributed by atoms with Gasteiger partial charge in [-0.05, 0) is 12.8 Å². The predicted octanol–water partition coefficient (Wildman–Crippen LogP) is 10.1. The lowest BCUT2D eigenvalue weighted by atomic mass is 10.1. The average molecular weight is 625 g/mol. The zero-order valence-corrected chi connectivity index (χ0v) is 28.9. The van der Waals surface area contributed by atoms with Crippen LogP contribution in [0.25, 0.3) is 0 Å². The monoisotopic (exact) mass is 624 g/mol. The molecule has 0 fully saturated rings. The standard InChI is InChI=1S/C37H68O7/c1-4-7-9-11-13-15-17-19-21-23-25-27-35(39)42-31-34(32-43-36(40)30-29-33(38)6-3)44-37(41)28-26-24-22-20-18-16-14-12-10-8-5-2/h34H,4-32H2,1-3H3. The molecular weight excluding hydrogens is 556 g/mol. The summed E-state index contributed by atoms with van der Waals surface area (Å²) >= 11 is 0. The van der Waals surface area contributed by atoms with Crippen LogP contribution in [0.5, 0.6) is 0 Å². The van der Waals surface area contributed by atoms with E-state index in [1.54, 1.807) is 6.92 Å². The van der Waals surface area contributed by atoms with Crippen LogP contribution in [0, 0.1) is 0 Å². The smallest absolute Gasteiger partial charge is 0.306 e. The van der Waals surface area contributed by atoms with E-state index in [0.717, 1.165) is 38.5 Å². The van der Waals surface area contributed by atoms with E-state index in [2.05, 4.69) is 13.8 Å². The molecule has 7 nitrogen and oxygen atoms in total. The third-order valence-electron chi connectivity index (χ3n) is 8.13. The second-order valence-corrected chi connectivity index (χ2v) is 12.4. The molecule has 0 amide bonds. The highest BCUT2D eigenvalue weighted by molar-refractivity contribution is 5.82. The van der Waals surface area contributed by atoms with Crippen molar-refractivity contribution in [3.8, 4) is 0 Å². The van der Waals surface area contributed by atoms with Gasteiger partial charge in [-0.15, -0.1) is 0 Å². The molecule has 0 aliphatic carbocycles. The van der Waals surface area contributed by atoms with Gasteiger partial charge in [0, 0.05) is 25.7 Å². The van der Waals surface area contributed by atoms with Crippen molar-refractivity contribution < 1.29 is 33.4 Å². The first-order chi connectivity index (χ1) is 21.4. The van der Waals surface area contributed by atoms with Gasteiger partial charge in [-0.1, -0.05) is 149 Å². The maximum atomic E-state index is 12.5. The first-order valence-corrected chi connectivity index (χ1v) is 18.4. The minimum Gasteiger partial charge on any atom is -0.462 e. The molecular formula is C37H68O7. The Morgan fingerprint density at radius 1 is 0.409 bits per heavy atom. The summed E-state index contributed by atoms with van der Waals surface area (Å²) in [6, 6.07) is 0. The quantitative estimate of drug-likeness (QED) is 0.0407. The Morgan fingerprint density at radius 3 is 1.14 bits per heavy atom. The topological polar surface area (TPSA) is 96.0 Å². The number of carbonyl (C=O) groups excluding carboxylic acids is 4. The van der Waals surface area contributed by atoms with Crippen molar-refractivity contribution in [2.75, 3.05) is 13.2 Å². The van der Waals surface area contributed by atoms with E-state index in [4.69, 9.17) is 14.2 Å². The number of ketones is 1. The number of carbonyl (C=O) groups is 4. The Morgan fingerprint density at radius 2 is 0.750 bits per heavy atom. The number of ether oxygens (including phenoxy) is 3. The van der Waals surface area contributed by atoms with Crippen molar-refractivity contribution in [1.29, 1.82) is 0 Å². The molecule has 44 heavy (non-hydrogen) atoms. The summed E-state index contributed by atoms with van der Waals surface area (Å²) < 4.78 is 16.2. The van der Waals surface area contributed by atoms with Crippen molar-refractivity contribution in [3.05, 3.63) is 0 Å². The summed E-state index contributed by atoms with van der Waals surface area (Å²) in [5.41, 5.74) is 0. The van der Waals surface area contributed by atoms with Crippen molar-refractivity contribution in [3.63, 3.8) is 0 Å². The van der Waals surface area contributed by atoms with E-state index in [9.17, 15) is 19.2 Å². The van der Waals surface area contributed by atoms with E-state index >= 15 is 0 Å². The Labute approximate surface area is 270 Å². The zero-order chi connectivity index (χ0) is 32.5. The van der Waals surface area contributed by atoms with Crippen LogP contribution in [0.1, 0.15) is 194 Å². The fourth-order valence-electron chi connectivity index (χ4n) is 5.16. The minimum absolute atomic E-state index is 0.00626. The highest BCUT2D eigenvalue weighted by atomic mass is 16.6. The van der Waals surface area contributed by atoms with Crippen LogP contribution in [0.2, 0.25) is 0 Å². The molecule has 0 heterocycles. The highest BCUT2D eigenvalue weighted by Crippen LogP contribution is 2.14. The molecule has 0 radical (unpaired) electrons. The van der Waals surface area contributed by atoms with Gasteiger partial charge in [0.15, 0.2) is 6.10 Å². The van der Waals surface area contributed by atoms with Crippen LogP contribution < -0.4 is 0 Å². The molecule has 0 saturated heterocycles. The minimum atomic E-state index is -0.845. The fourth-order valence-corrected chi connectivity index (χ4v) is 5.16. The van der Waals surface area contributed by atoms with Crippen LogP contribution in [0.3, 0.4) is 0 Å². The summed E-state index contributed by atoms with van der Waals surface area (Å²) in [7, 11) is 0. The summed E-state index contributed by atoms with van der Waals surface area (Å²) in [6.07, 6.45) is 26.7. The summed E-state index contributed by atoms with van der Waals surface area (Å²) in [5.74, 6) is -1.23. The number of rotatable bonds is 33. The van der Waals surface area contributed by atoms with Crippen molar-refractivity contribution in [2.45, 2.75) is 200 Å². The number of hydrogen-bond acceptors (Lipinski definition) is 7. The van der Waals surface area contributed by atoms with Gasteiger partial charge in [-0.3, -0.25) is 19.2 Å². The molecule has 0 rings (SSSR count). The van der Waals surface area contributed by atoms with Gasteiger partial charge in [0.25, 0.3) is 0 Å². The lowest BCUT2D eigenvalue weighted by Crippen LogP contribution is -2.31. The van der Waals surface area contributed by atoms with Gasteiger partial charge in [-0.25, -0.2) is 0 Å². The van der Waals surface area contributed by atoms with Crippen molar-refractivity contribution >= 4 is 23.7 Å². The van der Waals surface area contributed by atoms with Gasteiger partial charge in [0.2, 0.25) is 0 Å². The van der Waals surface area contributed by atoms with E-state index in [0.29, 0.717) is 19.3 Å². The molecule has 258 valence electrons. The van der Waals surface area contributed by atoms with Crippen LogP contribution in [0.15, 0.2) is 0 Å². The van der Waals surface area contributed by atoms with Crippen LogP contribution in [0.4, 0.5) is 0 Å². The molecule has 0 aliphatic heterocycles. The van der Waals surface area contributed by atoms with Gasteiger partial charge in [0.05, 0.1) is 6.42 Å². The molecule has 7 heteroatoms. The van der Waals surface area contributed by atoms with Crippen LogP contribution in [-0.4, -0.2) is 43.0 Å². The zero-order valence-electron chi connectivity index (χ0n) is 28.9. The normalized spacial score (nSPS) is 11.7. The predicted molar refractivity (Wildman–Crippen MR) is 178 cm³/mol. The molecule has 0 bridgehead atoms. The SMILES string of the molecule is CCCCCCCCCCCCCC(=O)OCC(COC(=O)CCC(=O)CC)OC(=O)CCCCCCCCCCCCC. The van der Waals surface area contributed by atoms with Crippen LogP contribution in [-0.2, 0) is 33.4 Å². The lowest BCUT2D eigenvalue weighted by molar-refractivity contribution is -0.167. The lowest BCUT2D eigenvalue weighted by Gasteiger charge is -2.18. The summed E-state index contributed by atoms with van der Waals surface area (Å²) in [5, 5.41) is 0. The van der Waals surface area contributed by atoms with E-state index in [1.807, 2.05) is 0 Å². The fraction of sp³-hybridized carbons (Fsp3) is 0.892. The molecule has 0 spiro atoms. The molecule has 0 saturated carbocycles. The van der Waals surface area contributed by atoms with Crippen LogP contribution >= 0.6 is 0 Å². The Kier molecular flexibility index (Phi) is 31.1. The molecule has 1 atom stereocenters. The molecule has 1 unspecified atom stereocenters. The maximum Gasteiger partial charge on any atom is 0.306 e. The highest BCUT2D eigenvalue weighted by Gasteiger charge is 2.20. The summed E-state index contributed by atoms with van der Waals surface area (Å²) in [6.45, 7) is 5.91. The Hall–Kier alpha value is -1.92. The number of Topliss-reactive ketones (excluding diaryl/α,β-unsaturated/α-hetero) is 1. The molecule has 0 aliphatic rings. The van der Waals surface area contributed by atoms with Crippen molar-refractivity contribution in [2.24, 2.45) is 0 Å². The van der Waals surface area contributed by atoms with Crippen molar-refractivity contribution in [1.82, 2.24) is 0 Å². The molecule has 0 aromatic carbocycles. The van der Waals surface area contributed by atoms with Gasteiger partial charge >= 0.3 is 17.9 Å². The number of hydrogen-bond donors (Lipinski definition) is 0. The average Bonchev–Trinajstić information content (AvgIpc) is 3.02. The molecule has 0 aromatic rings. The third-order valence-corrected chi connectivity index (χ3v) is 8.13. The van der Waals surface area contributed by atoms with Gasteiger partial charge < -0.3 is 14.2 Å². The summed E-state index contributed by atoms with van der Waals surface area (Å²) in [4.78, 5) is 48.4. The van der Waals surface area contributed by atoms with E-state index in [-0.39, 0.29) is 43.8 Å². The Balaban J connectivity index is 4.27. The van der Waals surface area contributed by atoms with E-state index in [1.165, 1.54) is 103 Å². The second kappa shape index (κ2) is 32.5. The number of unbranched alkanes of at least 4 members (excludes halogenated alkanes) is 20. The maximum absolute atomic E-state index is 12.5. The van der Waals surface area contributed by atoms with Gasteiger partial charge in [-0.2, -0.15) is 0 Å². The Bertz CT molecular complexity index is 706. The molecule has 0 N–H and O–H groups in total. The third kappa shape index (κ3) is 30.1. The first-order valence-electron chi connectivity index (χ1n) is 18.4. The first kappa shape index (κ1) is 42.1. The molecule has 0 aromatic heterocycles. The second-order valence-electron chi connectivity index (χ2n) is 12.4. The largest absolute Gasteiger partial charge is 0.462 e.